The highest BCUT2D eigenvalue weighted by Gasteiger charge is 2.40. The van der Waals surface area contributed by atoms with Crippen LogP contribution in [0.4, 0.5) is 0 Å². The van der Waals surface area contributed by atoms with Gasteiger partial charge in [0, 0.05) is 6.54 Å². The molecule has 2 nitrogen and oxygen atoms in total. The van der Waals surface area contributed by atoms with Crippen LogP contribution in [0, 0.1) is 17.2 Å². The summed E-state index contributed by atoms with van der Waals surface area (Å²) in [4.78, 5) is 2.53. The van der Waals surface area contributed by atoms with Gasteiger partial charge < -0.3 is 4.90 Å². The highest BCUT2D eigenvalue weighted by molar-refractivity contribution is 5.85. The molecule has 0 saturated carbocycles. The van der Waals surface area contributed by atoms with Gasteiger partial charge in [-0.2, -0.15) is 5.26 Å². The quantitative estimate of drug-likeness (QED) is 0.752. The normalized spacial score (nSPS) is 16.5. The van der Waals surface area contributed by atoms with Crippen LogP contribution in [-0.4, -0.2) is 24.5 Å². The zero-order chi connectivity index (χ0) is 16.8. The molecule has 0 aromatic heterocycles. The van der Waals surface area contributed by atoms with Crippen molar-refractivity contribution in [1.29, 1.82) is 5.26 Å². The average molecular weight is 355 g/mol. The molecule has 0 aliphatic carbocycles. The maximum Gasteiger partial charge on any atom is 0.111 e. The highest BCUT2D eigenvalue weighted by Crippen LogP contribution is 2.39. The molecule has 2 aromatic carbocycles. The molecule has 1 fully saturated rings. The van der Waals surface area contributed by atoms with E-state index in [0.717, 1.165) is 30.8 Å². The molecule has 1 unspecified atom stereocenters. The minimum Gasteiger partial charge on any atom is -0.303 e. The van der Waals surface area contributed by atoms with E-state index in [4.69, 9.17) is 0 Å². The lowest BCUT2D eigenvalue weighted by Gasteiger charge is -2.38. The van der Waals surface area contributed by atoms with E-state index < -0.39 is 5.41 Å². The van der Waals surface area contributed by atoms with E-state index in [-0.39, 0.29) is 18.3 Å². The van der Waals surface area contributed by atoms with E-state index in [1.54, 1.807) is 0 Å². The van der Waals surface area contributed by atoms with E-state index in [0.29, 0.717) is 0 Å². The SMILES string of the molecule is CC(CN1CCCCC1)C(C#N)(c1ccccc1)c1ccccc1.Cl. The summed E-state index contributed by atoms with van der Waals surface area (Å²) >= 11 is 0. The molecule has 1 atom stereocenters. The third kappa shape index (κ3) is 4.06. The number of benzene rings is 2. The van der Waals surface area contributed by atoms with Crippen molar-refractivity contribution in [2.45, 2.75) is 31.6 Å². The van der Waals surface area contributed by atoms with Crippen LogP contribution in [0.15, 0.2) is 60.7 Å². The Labute approximate surface area is 157 Å². The van der Waals surface area contributed by atoms with Crippen LogP contribution in [0.2, 0.25) is 0 Å². The molecular formula is C22H27ClN2. The Kier molecular flexibility index (Phi) is 7.05. The lowest BCUT2D eigenvalue weighted by Crippen LogP contribution is -2.42. The number of hydrogen-bond acceptors (Lipinski definition) is 2. The fourth-order valence-electron chi connectivity index (χ4n) is 4.04. The van der Waals surface area contributed by atoms with Gasteiger partial charge in [0.05, 0.1) is 6.07 Å². The first kappa shape index (κ1) is 19.5. The molecule has 3 heteroatoms. The van der Waals surface area contributed by atoms with Gasteiger partial charge in [-0.1, -0.05) is 74.0 Å². The molecule has 25 heavy (non-hydrogen) atoms. The summed E-state index contributed by atoms with van der Waals surface area (Å²) in [6.07, 6.45) is 3.90. The monoisotopic (exact) mass is 354 g/mol. The molecule has 0 spiro atoms. The predicted molar refractivity (Wildman–Crippen MR) is 106 cm³/mol. The summed E-state index contributed by atoms with van der Waals surface area (Å²) in [5.74, 6) is 0.227. The van der Waals surface area contributed by atoms with Crippen LogP contribution in [0.5, 0.6) is 0 Å². The van der Waals surface area contributed by atoms with Crippen LogP contribution < -0.4 is 0 Å². The number of halogens is 1. The van der Waals surface area contributed by atoms with Crippen LogP contribution >= 0.6 is 12.4 Å². The molecule has 0 radical (unpaired) electrons. The van der Waals surface area contributed by atoms with Crippen LogP contribution in [0.3, 0.4) is 0 Å². The number of hydrogen-bond donors (Lipinski definition) is 0. The van der Waals surface area contributed by atoms with Gasteiger partial charge in [-0.15, -0.1) is 12.4 Å². The molecule has 1 aliphatic heterocycles. The lowest BCUT2D eigenvalue weighted by atomic mass is 9.67. The third-order valence-electron chi connectivity index (χ3n) is 5.35. The summed E-state index contributed by atoms with van der Waals surface area (Å²) < 4.78 is 0. The summed E-state index contributed by atoms with van der Waals surface area (Å²) in [6, 6.07) is 23.3. The van der Waals surface area contributed by atoms with E-state index in [1.807, 2.05) is 36.4 Å². The van der Waals surface area contributed by atoms with Crippen molar-refractivity contribution in [3.05, 3.63) is 71.8 Å². The Hall–Kier alpha value is -1.82. The summed E-state index contributed by atoms with van der Waals surface area (Å²) in [5.41, 5.74) is 1.60. The van der Waals surface area contributed by atoms with Crippen molar-refractivity contribution < 1.29 is 0 Å². The Morgan fingerprint density at radius 2 is 1.40 bits per heavy atom. The fraction of sp³-hybridized carbons (Fsp3) is 0.409. The van der Waals surface area contributed by atoms with Crippen molar-refractivity contribution in [3.8, 4) is 6.07 Å². The van der Waals surface area contributed by atoms with E-state index >= 15 is 0 Å². The maximum atomic E-state index is 10.3. The second-order valence-corrected chi connectivity index (χ2v) is 6.91. The molecule has 132 valence electrons. The smallest absolute Gasteiger partial charge is 0.111 e. The number of likely N-dealkylation sites (tertiary alicyclic amines) is 1. The minimum atomic E-state index is -0.597. The topological polar surface area (TPSA) is 27.0 Å². The van der Waals surface area contributed by atoms with Gasteiger partial charge in [0.1, 0.15) is 5.41 Å². The third-order valence-corrected chi connectivity index (χ3v) is 5.35. The molecule has 1 heterocycles. The second-order valence-electron chi connectivity index (χ2n) is 6.91. The Morgan fingerprint density at radius 3 is 1.84 bits per heavy atom. The van der Waals surface area contributed by atoms with Crippen molar-refractivity contribution in [1.82, 2.24) is 4.90 Å². The van der Waals surface area contributed by atoms with Gasteiger partial charge in [-0.05, 0) is 43.0 Å². The molecule has 1 saturated heterocycles. The van der Waals surface area contributed by atoms with Crippen LogP contribution in [0.25, 0.3) is 0 Å². The molecule has 1 aliphatic rings. The number of piperidine rings is 1. The highest BCUT2D eigenvalue weighted by atomic mass is 35.5. The van der Waals surface area contributed by atoms with Gasteiger partial charge in [0.2, 0.25) is 0 Å². The standard InChI is InChI=1S/C22H26N2.ClH/c1-19(17-24-15-9-4-10-16-24)22(18-23,20-11-5-2-6-12-20)21-13-7-3-8-14-21;/h2-3,5-8,11-14,19H,4,9-10,15-17H2,1H3;1H. The zero-order valence-electron chi connectivity index (χ0n) is 14.9. The summed E-state index contributed by atoms with van der Waals surface area (Å²) in [7, 11) is 0. The van der Waals surface area contributed by atoms with Gasteiger partial charge in [-0.3, -0.25) is 0 Å². The van der Waals surface area contributed by atoms with Gasteiger partial charge in [0.15, 0.2) is 0 Å². The molecule has 0 amide bonds. The lowest BCUT2D eigenvalue weighted by molar-refractivity contribution is 0.182. The Morgan fingerprint density at radius 1 is 0.920 bits per heavy atom. The average Bonchev–Trinajstić information content (AvgIpc) is 2.65. The minimum absolute atomic E-state index is 0. The van der Waals surface area contributed by atoms with Crippen LogP contribution in [-0.2, 0) is 5.41 Å². The van der Waals surface area contributed by atoms with E-state index in [9.17, 15) is 5.26 Å². The molecule has 0 N–H and O–H groups in total. The van der Waals surface area contributed by atoms with E-state index in [1.165, 1.54) is 19.3 Å². The first-order chi connectivity index (χ1) is 11.8. The predicted octanol–water partition coefficient (Wildman–Crippen LogP) is 5.04. The van der Waals surface area contributed by atoms with Crippen molar-refractivity contribution in [2.24, 2.45) is 5.92 Å². The zero-order valence-corrected chi connectivity index (χ0v) is 15.7. The van der Waals surface area contributed by atoms with Crippen molar-refractivity contribution >= 4 is 12.4 Å². The van der Waals surface area contributed by atoms with Gasteiger partial charge >= 0.3 is 0 Å². The maximum absolute atomic E-state index is 10.3. The number of nitriles is 1. The Balaban J connectivity index is 0.00000225. The molecular weight excluding hydrogens is 328 g/mol. The molecule has 2 aromatic rings. The van der Waals surface area contributed by atoms with E-state index in [2.05, 4.69) is 42.2 Å². The summed E-state index contributed by atoms with van der Waals surface area (Å²) in [5, 5.41) is 10.3. The fourth-order valence-corrected chi connectivity index (χ4v) is 4.04. The number of nitrogens with zero attached hydrogens (tertiary/aromatic N) is 2. The Bertz CT molecular complexity index is 633. The van der Waals surface area contributed by atoms with Crippen LogP contribution in [0.1, 0.15) is 37.3 Å². The van der Waals surface area contributed by atoms with Gasteiger partial charge in [-0.25, -0.2) is 0 Å². The van der Waals surface area contributed by atoms with Crippen molar-refractivity contribution in [2.75, 3.05) is 19.6 Å². The van der Waals surface area contributed by atoms with Gasteiger partial charge in [0.25, 0.3) is 0 Å². The first-order valence-corrected chi connectivity index (χ1v) is 9.02. The molecule has 3 rings (SSSR count). The largest absolute Gasteiger partial charge is 0.303 e. The van der Waals surface area contributed by atoms with Crippen molar-refractivity contribution in [3.63, 3.8) is 0 Å². The second kappa shape index (κ2) is 9.04. The molecule has 0 bridgehead atoms. The summed E-state index contributed by atoms with van der Waals surface area (Å²) in [6.45, 7) is 5.53. The first-order valence-electron chi connectivity index (χ1n) is 9.02. The number of rotatable bonds is 5.